The van der Waals surface area contributed by atoms with Gasteiger partial charge in [-0.05, 0) is 19.3 Å². The second-order valence-corrected chi connectivity index (χ2v) is 4.07. The summed E-state index contributed by atoms with van der Waals surface area (Å²) >= 11 is 0. The van der Waals surface area contributed by atoms with Crippen molar-refractivity contribution in [3.05, 3.63) is 0 Å². The number of carbonyl (C=O) groups is 2. The van der Waals surface area contributed by atoms with E-state index in [-0.39, 0.29) is 11.7 Å². The van der Waals surface area contributed by atoms with E-state index < -0.39 is 11.4 Å². The minimum atomic E-state index is -0.758. The lowest BCUT2D eigenvalue weighted by molar-refractivity contribution is -0.155. The lowest BCUT2D eigenvalue weighted by atomic mass is 9.66. The Hall–Kier alpha value is -0.860. The lowest BCUT2D eigenvalue weighted by Crippen LogP contribution is -2.40. The number of carbonyl (C=O) groups excluding carboxylic acids is 1. The molecule has 3 nitrogen and oxygen atoms in total. The Morgan fingerprint density at radius 3 is 2.77 bits per heavy atom. The van der Waals surface area contributed by atoms with Crippen molar-refractivity contribution < 1.29 is 14.7 Å². The second-order valence-electron chi connectivity index (χ2n) is 4.07. The minimum absolute atomic E-state index is 0.0197. The molecule has 0 spiro atoms. The van der Waals surface area contributed by atoms with Crippen LogP contribution in [0.3, 0.4) is 0 Å². The van der Waals surface area contributed by atoms with Crippen LogP contribution in [0.1, 0.15) is 39.5 Å². The van der Waals surface area contributed by atoms with Crippen LogP contribution in [0.15, 0.2) is 0 Å². The van der Waals surface area contributed by atoms with E-state index in [0.29, 0.717) is 19.3 Å². The number of rotatable bonds is 2. The van der Waals surface area contributed by atoms with Crippen molar-refractivity contribution in [2.75, 3.05) is 0 Å². The average Bonchev–Trinajstić information content (AvgIpc) is 2.09. The van der Waals surface area contributed by atoms with Crippen molar-refractivity contribution in [3.63, 3.8) is 0 Å². The highest BCUT2D eigenvalue weighted by Crippen LogP contribution is 2.41. The first-order valence-electron chi connectivity index (χ1n) is 4.75. The highest BCUT2D eigenvalue weighted by molar-refractivity contribution is 5.84. The molecule has 13 heavy (non-hydrogen) atoms. The van der Waals surface area contributed by atoms with Gasteiger partial charge in [-0.25, -0.2) is 0 Å². The van der Waals surface area contributed by atoms with Gasteiger partial charge in [-0.3, -0.25) is 9.59 Å². The molecule has 0 amide bonds. The zero-order valence-electron chi connectivity index (χ0n) is 8.17. The molecule has 2 atom stereocenters. The fourth-order valence-electron chi connectivity index (χ4n) is 2.08. The highest BCUT2D eigenvalue weighted by atomic mass is 16.4. The fraction of sp³-hybridized carbons (Fsp3) is 0.800. The van der Waals surface area contributed by atoms with Crippen molar-refractivity contribution in [2.45, 2.75) is 39.5 Å². The third-order valence-electron chi connectivity index (χ3n) is 3.28. The molecule has 0 aromatic rings. The Labute approximate surface area is 78.1 Å². The van der Waals surface area contributed by atoms with Gasteiger partial charge in [0.25, 0.3) is 0 Å². The molecule has 74 valence electrons. The molecule has 0 heterocycles. The van der Waals surface area contributed by atoms with E-state index >= 15 is 0 Å². The van der Waals surface area contributed by atoms with Gasteiger partial charge in [-0.1, -0.05) is 13.3 Å². The quantitative estimate of drug-likeness (QED) is 0.712. The molecule has 0 radical (unpaired) electrons. The topological polar surface area (TPSA) is 54.4 Å². The summed E-state index contributed by atoms with van der Waals surface area (Å²) in [6.07, 6.45) is 2.15. The molecule has 0 bridgehead atoms. The van der Waals surface area contributed by atoms with Crippen LogP contribution >= 0.6 is 0 Å². The third kappa shape index (κ3) is 1.74. The molecule has 1 fully saturated rings. The van der Waals surface area contributed by atoms with Crippen LogP contribution in [0.2, 0.25) is 0 Å². The van der Waals surface area contributed by atoms with Gasteiger partial charge >= 0.3 is 5.97 Å². The van der Waals surface area contributed by atoms with Crippen LogP contribution in [0, 0.1) is 11.3 Å². The van der Waals surface area contributed by atoms with E-state index in [1.165, 1.54) is 0 Å². The van der Waals surface area contributed by atoms with Gasteiger partial charge in [0.05, 0.1) is 5.41 Å². The number of carboxylic acid groups (broad SMARTS) is 1. The van der Waals surface area contributed by atoms with Gasteiger partial charge < -0.3 is 5.11 Å². The van der Waals surface area contributed by atoms with Crippen LogP contribution < -0.4 is 0 Å². The zero-order chi connectivity index (χ0) is 10.1. The van der Waals surface area contributed by atoms with Crippen LogP contribution in [-0.2, 0) is 9.59 Å². The maximum Gasteiger partial charge on any atom is 0.309 e. The van der Waals surface area contributed by atoms with Crippen molar-refractivity contribution in [1.29, 1.82) is 0 Å². The summed E-state index contributed by atoms with van der Waals surface area (Å²) in [6.45, 7) is 3.71. The first kappa shape index (κ1) is 10.2. The molecular weight excluding hydrogens is 168 g/mol. The van der Waals surface area contributed by atoms with E-state index in [9.17, 15) is 9.59 Å². The summed E-state index contributed by atoms with van der Waals surface area (Å²) in [5.41, 5.74) is -0.678. The smallest absolute Gasteiger partial charge is 0.309 e. The Kier molecular flexibility index (Phi) is 2.74. The Bertz CT molecular complexity index is 234. The number of hydrogen-bond acceptors (Lipinski definition) is 2. The molecule has 1 saturated carbocycles. The van der Waals surface area contributed by atoms with Crippen molar-refractivity contribution in [3.8, 4) is 0 Å². The highest BCUT2D eigenvalue weighted by Gasteiger charge is 2.44. The van der Waals surface area contributed by atoms with Crippen molar-refractivity contribution in [2.24, 2.45) is 11.3 Å². The molecule has 3 heteroatoms. The first-order chi connectivity index (χ1) is 6.00. The zero-order valence-corrected chi connectivity index (χ0v) is 8.17. The number of aliphatic carboxylic acids is 1. The predicted octanol–water partition coefficient (Wildman–Crippen LogP) is 1.86. The summed E-state index contributed by atoms with van der Waals surface area (Å²) in [7, 11) is 0. The summed E-state index contributed by atoms with van der Waals surface area (Å²) in [6, 6.07) is 0. The predicted molar refractivity (Wildman–Crippen MR) is 48.4 cm³/mol. The van der Waals surface area contributed by atoms with Crippen molar-refractivity contribution in [1.82, 2.24) is 0 Å². The van der Waals surface area contributed by atoms with Crippen molar-refractivity contribution >= 4 is 11.8 Å². The monoisotopic (exact) mass is 184 g/mol. The number of carboxylic acids is 1. The van der Waals surface area contributed by atoms with Crippen LogP contribution in [-0.4, -0.2) is 16.9 Å². The van der Waals surface area contributed by atoms with Gasteiger partial charge in [-0.15, -0.1) is 0 Å². The summed E-state index contributed by atoms with van der Waals surface area (Å²) in [4.78, 5) is 22.2. The maximum absolute atomic E-state index is 11.1. The Morgan fingerprint density at radius 1 is 1.69 bits per heavy atom. The molecule has 1 rings (SSSR count). The van der Waals surface area contributed by atoms with Gasteiger partial charge in [0, 0.05) is 12.8 Å². The van der Waals surface area contributed by atoms with Crippen LogP contribution in [0.4, 0.5) is 0 Å². The maximum atomic E-state index is 11.1. The second kappa shape index (κ2) is 3.48. The molecular formula is C10H16O3. The van der Waals surface area contributed by atoms with Gasteiger partial charge in [-0.2, -0.15) is 0 Å². The molecule has 1 aliphatic rings. The normalized spacial score (nSPS) is 34.6. The number of hydrogen-bond donors (Lipinski definition) is 1. The standard InChI is InChI=1S/C10H16O3/c1-3-7-6-8(11)4-5-10(7,2)9(12)13/h7H,3-6H2,1-2H3,(H,12,13). The summed E-state index contributed by atoms with van der Waals surface area (Å²) < 4.78 is 0. The van der Waals surface area contributed by atoms with E-state index in [1.54, 1.807) is 6.92 Å². The molecule has 0 aromatic carbocycles. The SMILES string of the molecule is CCC1CC(=O)CCC1(C)C(=O)O. The first-order valence-corrected chi connectivity index (χ1v) is 4.75. The number of Topliss-reactive ketones (excluding diaryl/α,β-unsaturated/α-hetero) is 1. The van der Waals surface area contributed by atoms with Crippen LogP contribution in [0.5, 0.6) is 0 Å². The van der Waals surface area contributed by atoms with Gasteiger partial charge in [0.15, 0.2) is 0 Å². The van der Waals surface area contributed by atoms with Crippen LogP contribution in [0.25, 0.3) is 0 Å². The lowest BCUT2D eigenvalue weighted by Gasteiger charge is -2.36. The fourth-order valence-corrected chi connectivity index (χ4v) is 2.08. The average molecular weight is 184 g/mol. The van der Waals surface area contributed by atoms with Gasteiger partial charge in [0.2, 0.25) is 0 Å². The Morgan fingerprint density at radius 2 is 2.31 bits per heavy atom. The molecule has 1 aliphatic carbocycles. The molecule has 0 aromatic heterocycles. The number of ketones is 1. The summed E-state index contributed by atoms with van der Waals surface area (Å²) in [5.74, 6) is -0.524. The van der Waals surface area contributed by atoms with E-state index in [1.807, 2.05) is 6.92 Å². The van der Waals surface area contributed by atoms with E-state index in [2.05, 4.69) is 0 Å². The molecule has 0 aliphatic heterocycles. The third-order valence-corrected chi connectivity index (χ3v) is 3.28. The summed E-state index contributed by atoms with van der Waals surface area (Å²) in [5, 5.41) is 9.07. The minimum Gasteiger partial charge on any atom is -0.481 e. The molecule has 2 unspecified atom stereocenters. The van der Waals surface area contributed by atoms with E-state index in [0.717, 1.165) is 6.42 Å². The van der Waals surface area contributed by atoms with Gasteiger partial charge in [0.1, 0.15) is 5.78 Å². The largest absolute Gasteiger partial charge is 0.481 e. The molecule has 0 saturated heterocycles. The van der Waals surface area contributed by atoms with E-state index in [4.69, 9.17) is 5.11 Å². The molecule has 1 N–H and O–H groups in total. The Balaban J connectivity index is 2.84.